The summed E-state index contributed by atoms with van der Waals surface area (Å²) in [5.41, 5.74) is 7.26. The number of hydrogen-bond donors (Lipinski definition) is 1. The second-order valence-electron chi connectivity index (χ2n) is 5.82. The smallest absolute Gasteiger partial charge is 0.217 e. The lowest BCUT2D eigenvalue weighted by Crippen LogP contribution is -2.35. The van der Waals surface area contributed by atoms with Crippen molar-refractivity contribution in [3.05, 3.63) is 5.69 Å². The van der Waals surface area contributed by atoms with Crippen molar-refractivity contribution in [2.75, 3.05) is 18.0 Å². The predicted molar refractivity (Wildman–Crippen MR) is 84.5 cm³/mol. The molecule has 1 aliphatic rings. The van der Waals surface area contributed by atoms with Crippen LogP contribution in [0.2, 0.25) is 0 Å². The maximum Gasteiger partial charge on any atom is 0.217 e. The molecule has 0 aliphatic carbocycles. The summed E-state index contributed by atoms with van der Waals surface area (Å²) in [5, 5.41) is 5.47. The van der Waals surface area contributed by atoms with Crippen molar-refractivity contribution in [3.63, 3.8) is 0 Å². The molecule has 1 fully saturated rings. The van der Waals surface area contributed by atoms with Crippen LogP contribution in [0.25, 0.3) is 10.3 Å². The van der Waals surface area contributed by atoms with Crippen LogP contribution >= 0.6 is 11.3 Å². The Morgan fingerprint density at radius 2 is 2.33 bits per heavy atom. The van der Waals surface area contributed by atoms with Gasteiger partial charge in [0.15, 0.2) is 10.8 Å². The highest BCUT2D eigenvalue weighted by atomic mass is 32.1. The van der Waals surface area contributed by atoms with Gasteiger partial charge >= 0.3 is 0 Å². The van der Waals surface area contributed by atoms with Crippen LogP contribution in [0.15, 0.2) is 0 Å². The minimum absolute atomic E-state index is 0.200. The molecule has 2 aromatic rings. The van der Waals surface area contributed by atoms with E-state index in [9.17, 15) is 4.79 Å². The normalized spacial score (nSPS) is 19.3. The van der Waals surface area contributed by atoms with Crippen molar-refractivity contribution in [2.24, 2.45) is 18.7 Å². The largest absolute Gasteiger partial charge is 0.370 e. The number of fused-ring (bicyclic) bond motifs is 1. The van der Waals surface area contributed by atoms with E-state index in [0.29, 0.717) is 12.3 Å². The van der Waals surface area contributed by atoms with E-state index >= 15 is 0 Å². The van der Waals surface area contributed by atoms with E-state index in [4.69, 9.17) is 10.7 Å². The van der Waals surface area contributed by atoms with E-state index in [-0.39, 0.29) is 5.91 Å². The first-order valence-corrected chi connectivity index (χ1v) is 8.19. The van der Waals surface area contributed by atoms with Gasteiger partial charge in [-0.05, 0) is 32.1 Å². The first-order valence-electron chi connectivity index (χ1n) is 7.38. The zero-order valence-corrected chi connectivity index (χ0v) is 13.3. The number of hydrogen-bond acceptors (Lipinski definition) is 5. The van der Waals surface area contributed by atoms with Gasteiger partial charge in [-0.3, -0.25) is 4.79 Å². The molecule has 0 spiro atoms. The maximum atomic E-state index is 10.9. The summed E-state index contributed by atoms with van der Waals surface area (Å²) >= 11 is 1.72. The van der Waals surface area contributed by atoms with Gasteiger partial charge in [0.05, 0.1) is 10.4 Å². The number of primary amides is 1. The summed E-state index contributed by atoms with van der Waals surface area (Å²) in [7, 11) is 1.94. The molecule has 0 saturated carbocycles. The van der Waals surface area contributed by atoms with Gasteiger partial charge in [0.1, 0.15) is 0 Å². The Balaban J connectivity index is 1.75. The Labute approximate surface area is 127 Å². The monoisotopic (exact) mass is 307 g/mol. The van der Waals surface area contributed by atoms with Gasteiger partial charge in [0, 0.05) is 26.6 Å². The second kappa shape index (κ2) is 5.63. The second-order valence-corrected chi connectivity index (χ2v) is 6.79. The number of nitrogens with zero attached hydrogens (tertiary/aromatic N) is 4. The third kappa shape index (κ3) is 2.88. The first-order chi connectivity index (χ1) is 10.0. The molecule has 1 atom stereocenters. The fraction of sp³-hybridized carbons (Fsp3) is 0.643. The average molecular weight is 307 g/mol. The number of nitrogens with two attached hydrogens (primary N) is 1. The molecule has 6 nitrogen and oxygen atoms in total. The fourth-order valence-electron chi connectivity index (χ4n) is 3.03. The molecule has 0 unspecified atom stereocenters. The standard InChI is InChI=1S/C14H21N5OS/c1-9-12-13(18(2)17-9)16-14(21-12)19-7-3-4-10(8-19)5-6-11(15)20/h10H,3-8H2,1-2H3,(H2,15,20)/t10-/m1/s1. The van der Waals surface area contributed by atoms with Crippen molar-refractivity contribution in [3.8, 4) is 0 Å². The molecule has 1 amide bonds. The van der Waals surface area contributed by atoms with E-state index in [1.165, 1.54) is 11.1 Å². The van der Waals surface area contributed by atoms with E-state index in [2.05, 4.69) is 10.00 Å². The lowest BCUT2D eigenvalue weighted by atomic mass is 9.93. The number of amides is 1. The Morgan fingerprint density at radius 1 is 1.52 bits per heavy atom. The molecule has 2 aromatic heterocycles. The third-order valence-corrected chi connectivity index (χ3v) is 5.34. The Morgan fingerprint density at radius 3 is 3.05 bits per heavy atom. The van der Waals surface area contributed by atoms with Crippen molar-refractivity contribution in [1.29, 1.82) is 0 Å². The van der Waals surface area contributed by atoms with Crippen LogP contribution in [-0.4, -0.2) is 33.8 Å². The fourth-order valence-corrected chi connectivity index (χ4v) is 4.10. The van der Waals surface area contributed by atoms with Crippen molar-refractivity contribution >= 4 is 32.7 Å². The molecular formula is C14H21N5OS. The molecular weight excluding hydrogens is 286 g/mol. The topological polar surface area (TPSA) is 77.0 Å². The number of anilines is 1. The molecule has 0 aromatic carbocycles. The van der Waals surface area contributed by atoms with Crippen LogP contribution in [0.4, 0.5) is 5.13 Å². The van der Waals surface area contributed by atoms with Gasteiger partial charge in [0.25, 0.3) is 0 Å². The van der Waals surface area contributed by atoms with Crippen LogP contribution in [-0.2, 0) is 11.8 Å². The summed E-state index contributed by atoms with van der Waals surface area (Å²) in [6.45, 7) is 4.04. The molecule has 0 bridgehead atoms. The number of carbonyl (C=O) groups excluding carboxylic acids is 1. The molecule has 3 heterocycles. The quantitative estimate of drug-likeness (QED) is 0.934. The van der Waals surface area contributed by atoms with Crippen molar-refractivity contribution in [2.45, 2.75) is 32.6 Å². The van der Waals surface area contributed by atoms with Crippen molar-refractivity contribution < 1.29 is 4.79 Å². The Kier molecular flexibility index (Phi) is 3.84. The zero-order chi connectivity index (χ0) is 15.0. The minimum atomic E-state index is -0.200. The van der Waals surface area contributed by atoms with E-state index in [0.717, 1.165) is 42.4 Å². The Bertz CT molecular complexity index is 627. The predicted octanol–water partition coefficient (Wildman–Crippen LogP) is 1.82. The number of aryl methyl sites for hydroxylation is 2. The summed E-state index contributed by atoms with van der Waals surface area (Å²) < 4.78 is 3.02. The number of piperidine rings is 1. The molecule has 114 valence electrons. The molecule has 7 heteroatoms. The molecule has 0 radical (unpaired) electrons. The molecule has 2 N–H and O–H groups in total. The number of rotatable bonds is 4. The molecule has 21 heavy (non-hydrogen) atoms. The average Bonchev–Trinajstić information content (AvgIpc) is 3.00. The highest BCUT2D eigenvalue weighted by molar-refractivity contribution is 7.22. The lowest BCUT2D eigenvalue weighted by Gasteiger charge is -2.32. The third-order valence-electron chi connectivity index (χ3n) is 4.12. The molecule has 1 aliphatic heterocycles. The number of aromatic nitrogens is 3. The van der Waals surface area contributed by atoms with Crippen LogP contribution in [0, 0.1) is 12.8 Å². The summed E-state index contributed by atoms with van der Waals surface area (Å²) in [5.74, 6) is 0.339. The van der Waals surface area contributed by atoms with Crippen LogP contribution in [0.3, 0.4) is 0 Å². The van der Waals surface area contributed by atoms with Gasteiger partial charge in [-0.2, -0.15) is 5.10 Å². The van der Waals surface area contributed by atoms with Gasteiger partial charge in [-0.25, -0.2) is 9.67 Å². The first kappa shape index (κ1) is 14.3. The molecule has 1 saturated heterocycles. The highest BCUT2D eigenvalue weighted by Crippen LogP contribution is 2.33. The van der Waals surface area contributed by atoms with E-state index in [1.807, 2.05) is 18.7 Å². The van der Waals surface area contributed by atoms with Gasteiger partial charge in [-0.1, -0.05) is 11.3 Å². The highest BCUT2D eigenvalue weighted by Gasteiger charge is 2.23. The maximum absolute atomic E-state index is 10.9. The van der Waals surface area contributed by atoms with E-state index in [1.54, 1.807) is 11.3 Å². The zero-order valence-electron chi connectivity index (χ0n) is 12.5. The van der Waals surface area contributed by atoms with Crippen LogP contribution < -0.4 is 10.6 Å². The van der Waals surface area contributed by atoms with E-state index < -0.39 is 0 Å². The molecule has 3 rings (SSSR count). The number of carbonyl (C=O) groups is 1. The van der Waals surface area contributed by atoms with Crippen LogP contribution in [0.5, 0.6) is 0 Å². The van der Waals surface area contributed by atoms with Gasteiger partial charge in [0.2, 0.25) is 5.91 Å². The SMILES string of the molecule is Cc1nn(C)c2nc(N3CCC[C@H](CCC(N)=O)C3)sc12. The van der Waals surface area contributed by atoms with Crippen molar-refractivity contribution in [1.82, 2.24) is 14.8 Å². The Hall–Kier alpha value is -1.63. The lowest BCUT2D eigenvalue weighted by molar-refractivity contribution is -0.118. The number of thiazole rings is 1. The van der Waals surface area contributed by atoms with Crippen LogP contribution in [0.1, 0.15) is 31.4 Å². The minimum Gasteiger partial charge on any atom is -0.370 e. The van der Waals surface area contributed by atoms with Gasteiger partial charge in [-0.15, -0.1) is 0 Å². The summed E-state index contributed by atoms with van der Waals surface area (Å²) in [6.07, 6.45) is 3.70. The summed E-state index contributed by atoms with van der Waals surface area (Å²) in [4.78, 5) is 18.0. The van der Waals surface area contributed by atoms with Gasteiger partial charge < -0.3 is 10.6 Å². The summed E-state index contributed by atoms with van der Waals surface area (Å²) in [6, 6.07) is 0.